The van der Waals surface area contributed by atoms with E-state index in [0.29, 0.717) is 17.9 Å². The number of benzene rings is 2. The molecule has 178 valence electrons. The van der Waals surface area contributed by atoms with Gasteiger partial charge in [-0.1, -0.05) is 41.8 Å². The fourth-order valence-electron chi connectivity index (χ4n) is 2.79. The van der Waals surface area contributed by atoms with Crippen LogP contribution in [0.5, 0.6) is 11.5 Å². The first-order chi connectivity index (χ1) is 15.5. The fraction of sp³-hybridized carbons (Fsp3) is 0.318. The Morgan fingerprint density at radius 3 is 2.39 bits per heavy atom. The van der Waals surface area contributed by atoms with E-state index in [1.165, 1.54) is 24.0 Å². The third-order valence-electron chi connectivity index (χ3n) is 4.50. The van der Waals surface area contributed by atoms with Gasteiger partial charge < -0.3 is 14.8 Å². The third kappa shape index (κ3) is 7.13. The van der Waals surface area contributed by atoms with Crippen LogP contribution in [-0.4, -0.2) is 40.1 Å². The topological polar surface area (TPSA) is 93.7 Å². The maximum Gasteiger partial charge on any atom is 0.511 e. The van der Waals surface area contributed by atoms with Crippen LogP contribution in [0.4, 0.5) is 13.2 Å². The van der Waals surface area contributed by atoms with Gasteiger partial charge in [0.15, 0.2) is 11.5 Å². The number of methoxy groups -OCH3 is 1. The molecule has 7 nitrogen and oxygen atoms in total. The first-order valence-corrected chi connectivity index (χ1v) is 11.1. The molecule has 0 heterocycles. The molecule has 33 heavy (non-hydrogen) atoms. The predicted octanol–water partition coefficient (Wildman–Crippen LogP) is 2.85. The van der Waals surface area contributed by atoms with Crippen LogP contribution in [0.1, 0.15) is 22.7 Å². The average molecular weight is 484 g/mol. The second kappa shape index (κ2) is 11.1. The van der Waals surface area contributed by atoms with Crippen molar-refractivity contribution in [3.63, 3.8) is 0 Å². The highest BCUT2D eigenvalue weighted by Crippen LogP contribution is 2.28. The monoisotopic (exact) mass is 484 g/mol. The summed E-state index contributed by atoms with van der Waals surface area (Å²) >= 11 is 0. The zero-order valence-electron chi connectivity index (χ0n) is 17.9. The number of carbonyl (C=O) groups excluding carboxylic acids is 1. The molecule has 0 radical (unpaired) electrons. The Morgan fingerprint density at radius 1 is 1.15 bits per heavy atom. The smallest absolute Gasteiger partial charge is 0.493 e. The predicted molar refractivity (Wildman–Crippen MR) is 116 cm³/mol. The minimum Gasteiger partial charge on any atom is -0.493 e. The van der Waals surface area contributed by atoms with Gasteiger partial charge in [-0.2, -0.15) is 17.9 Å². The molecule has 0 aliphatic rings. The molecule has 0 aromatic heterocycles. The van der Waals surface area contributed by atoms with Gasteiger partial charge in [-0.05, 0) is 36.6 Å². The summed E-state index contributed by atoms with van der Waals surface area (Å²) in [5.74, 6) is 2.27. The highest BCUT2D eigenvalue weighted by molar-refractivity contribution is 7.90. The number of carbonyl (C=O) groups is 1. The Hall–Kier alpha value is -3.23. The zero-order valence-corrected chi connectivity index (χ0v) is 18.7. The van der Waals surface area contributed by atoms with Gasteiger partial charge in [-0.15, -0.1) is 6.42 Å². The number of hydrogen-bond acceptors (Lipinski definition) is 5. The van der Waals surface area contributed by atoms with Gasteiger partial charge in [0.2, 0.25) is 5.91 Å². The van der Waals surface area contributed by atoms with Gasteiger partial charge in [-0.25, -0.2) is 8.42 Å². The van der Waals surface area contributed by atoms with Crippen molar-refractivity contribution in [2.24, 2.45) is 0 Å². The third-order valence-corrected chi connectivity index (χ3v) is 5.66. The highest BCUT2D eigenvalue weighted by atomic mass is 32.2. The molecule has 0 fully saturated rings. The van der Waals surface area contributed by atoms with Crippen LogP contribution < -0.4 is 19.5 Å². The number of nitrogens with one attached hydrogen (secondary N) is 2. The van der Waals surface area contributed by atoms with Crippen molar-refractivity contribution in [3.8, 4) is 23.8 Å². The van der Waals surface area contributed by atoms with E-state index in [1.807, 2.05) is 0 Å². The van der Waals surface area contributed by atoms with Gasteiger partial charge in [0.1, 0.15) is 12.6 Å². The Labute approximate surface area is 190 Å². The SMILES string of the molecule is C#CCOc1ccc(CCNC(=O)C(NS(=O)(=O)C(F)(F)F)c2ccc(C)cc2)cc1OC. The quantitative estimate of drug-likeness (QED) is 0.506. The molecule has 1 atom stereocenters. The number of aryl methyl sites for hydroxylation is 1. The Bertz CT molecular complexity index is 1110. The second-order valence-electron chi connectivity index (χ2n) is 6.93. The zero-order chi connectivity index (χ0) is 24.6. The van der Waals surface area contributed by atoms with E-state index in [-0.39, 0.29) is 18.7 Å². The summed E-state index contributed by atoms with van der Waals surface area (Å²) in [4.78, 5) is 12.7. The van der Waals surface area contributed by atoms with Crippen LogP contribution in [0.2, 0.25) is 0 Å². The molecule has 0 aliphatic heterocycles. The lowest BCUT2D eigenvalue weighted by atomic mass is 10.1. The Kier molecular flexibility index (Phi) is 8.73. The van der Waals surface area contributed by atoms with E-state index in [2.05, 4.69) is 11.2 Å². The lowest BCUT2D eigenvalue weighted by molar-refractivity contribution is -0.122. The van der Waals surface area contributed by atoms with E-state index < -0.39 is 27.5 Å². The molecule has 0 aliphatic carbocycles. The number of halogens is 3. The first kappa shape index (κ1) is 26.0. The second-order valence-corrected chi connectivity index (χ2v) is 8.64. The summed E-state index contributed by atoms with van der Waals surface area (Å²) < 4.78 is 73.9. The Morgan fingerprint density at radius 2 is 1.82 bits per heavy atom. The molecule has 0 spiro atoms. The van der Waals surface area contributed by atoms with E-state index in [9.17, 15) is 26.4 Å². The lowest BCUT2D eigenvalue weighted by Gasteiger charge is -2.20. The minimum atomic E-state index is -5.75. The standard InChI is InChI=1S/C22H23F3N2O5S/c1-4-13-32-18-10-7-16(14-19(18)31-3)11-12-26-21(28)20(17-8-5-15(2)6-9-17)27-33(29,30)22(23,24)25/h1,5-10,14,20,27H,11-13H2,2-3H3,(H,26,28). The summed E-state index contributed by atoms with van der Waals surface area (Å²) in [6, 6.07) is 9.16. The number of ether oxygens (including phenoxy) is 2. The van der Waals surface area contributed by atoms with Crippen LogP contribution in [0.15, 0.2) is 42.5 Å². The number of alkyl halides is 3. The van der Waals surface area contributed by atoms with Crippen LogP contribution in [-0.2, 0) is 21.2 Å². The number of hydrogen-bond donors (Lipinski definition) is 2. The van der Waals surface area contributed by atoms with Crippen LogP contribution in [0, 0.1) is 19.3 Å². The molecule has 11 heteroatoms. The van der Waals surface area contributed by atoms with Crippen molar-refractivity contribution >= 4 is 15.9 Å². The summed E-state index contributed by atoms with van der Waals surface area (Å²) in [7, 11) is -4.31. The molecule has 2 N–H and O–H groups in total. The van der Waals surface area contributed by atoms with Crippen molar-refractivity contribution in [2.45, 2.75) is 24.9 Å². The fourth-order valence-corrected chi connectivity index (χ4v) is 3.48. The van der Waals surface area contributed by atoms with Crippen molar-refractivity contribution in [1.29, 1.82) is 0 Å². The maximum atomic E-state index is 12.9. The van der Waals surface area contributed by atoms with Gasteiger partial charge >= 0.3 is 15.5 Å². The number of sulfonamides is 1. The van der Waals surface area contributed by atoms with Crippen LogP contribution >= 0.6 is 0 Å². The van der Waals surface area contributed by atoms with Crippen molar-refractivity contribution in [2.75, 3.05) is 20.3 Å². The Balaban J connectivity index is 2.13. The maximum absolute atomic E-state index is 12.9. The number of rotatable bonds is 10. The van der Waals surface area contributed by atoms with Crippen molar-refractivity contribution < 1.29 is 35.9 Å². The molecule has 2 rings (SSSR count). The highest BCUT2D eigenvalue weighted by Gasteiger charge is 2.47. The number of terminal acetylenes is 1. The molecule has 0 saturated heterocycles. The molecule has 2 aromatic carbocycles. The van der Waals surface area contributed by atoms with Crippen LogP contribution in [0.25, 0.3) is 0 Å². The van der Waals surface area contributed by atoms with Crippen LogP contribution in [0.3, 0.4) is 0 Å². The van der Waals surface area contributed by atoms with E-state index in [0.717, 1.165) is 11.1 Å². The molecule has 2 aromatic rings. The van der Waals surface area contributed by atoms with Crippen molar-refractivity contribution in [1.82, 2.24) is 10.0 Å². The lowest BCUT2D eigenvalue weighted by Crippen LogP contribution is -2.45. The molecular weight excluding hydrogens is 461 g/mol. The van der Waals surface area contributed by atoms with Gasteiger partial charge in [-0.3, -0.25) is 4.79 Å². The van der Waals surface area contributed by atoms with Crippen molar-refractivity contribution in [3.05, 3.63) is 59.2 Å². The first-order valence-electron chi connectivity index (χ1n) is 9.64. The molecule has 0 bridgehead atoms. The summed E-state index contributed by atoms with van der Waals surface area (Å²) in [5, 5.41) is 2.47. The molecule has 0 saturated carbocycles. The number of amides is 1. The van der Waals surface area contributed by atoms with E-state index in [1.54, 1.807) is 37.3 Å². The largest absolute Gasteiger partial charge is 0.511 e. The average Bonchev–Trinajstić information content (AvgIpc) is 2.76. The molecule has 1 unspecified atom stereocenters. The van der Waals surface area contributed by atoms with Gasteiger partial charge in [0, 0.05) is 6.54 Å². The summed E-state index contributed by atoms with van der Waals surface area (Å²) in [5.41, 5.74) is -3.96. The molecular formula is C22H23F3N2O5S. The summed E-state index contributed by atoms with van der Waals surface area (Å²) in [6.07, 6.45) is 5.46. The van der Waals surface area contributed by atoms with Gasteiger partial charge in [0.25, 0.3) is 0 Å². The van der Waals surface area contributed by atoms with Gasteiger partial charge in [0.05, 0.1) is 7.11 Å². The van der Waals surface area contributed by atoms with E-state index in [4.69, 9.17) is 15.9 Å². The minimum absolute atomic E-state index is 0.0304. The van der Waals surface area contributed by atoms with E-state index >= 15 is 0 Å². The normalized spacial score (nSPS) is 12.5. The molecule has 1 amide bonds. The summed E-state index contributed by atoms with van der Waals surface area (Å²) in [6.45, 7) is 1.83.